The minimum Gasteiger partial charge on any atom is -0.481 e. The molecular formula is C14H23NO4. The van der Waals surface area contributed by atoms with Crippen LogP contribution in [0.5, 0.6) is 0 Å². The molecule has 5 heteroatoms. The van der Waals surface area contributed by atoms with Crippen LogP contribution in [0.1, 0.15) is 44.9 Å². The third-order valence-corrected chi connectivity index (χ3v) is 4.53. The first-order valence-electron chi connectivity index (χ1n) is 7.20. The first-order valence-corrected chi connectivity index (χ1v) is 7.20. The number of aliphatic carboxylic acids is 1. The summed E-state index contributed by atoms with van der Waals surface area (Å²) in [5, 5.41) is 12.2. The molecule has 1 heterocycles. The highest BCUT2D eigenvalue weighted by molar-refractivity contribution is 5.79. The Hall–Kier alpha value is -1.10. The number of rotatable bonds is 6. The highest BCUT2D eigenvalue weighted by atomic mass is 16.5. The molecule has 1 saturated carbocycles. The van der Waals surface area contributed by atoms with E-state index in [-0.39, 0.29) is 12.5 Å². The first-order chi connectivity index (χ1) is 9.12. The van der Waals surface area contributed by atoms with Crippen molar-refractivity contribution in [3.8, 4) is 0 Å². The topological polar surface area (TPSA) is 75.6 Å². The lowest BCUT2D eigenvalue weighted by Gasteiger charge is -2.33. The Morgan fingerprint density at radius 1 is 1.26 bits per heavy atom. The zero-order chi connectivity index (χ0) is 13.7. The SMILES string of the molecule is O=C(CCC1CCC1)NCC1(C(=O)O)CCOCC1. The van der Waals surface area contributed by atoms with E-state index in [1.54, 1.807) is 0 Å². The van der Waals surface area contributed by atoms with Gasteiger partial charge in [-0.25, -0.2) is 0 Å². The van der Waals surface area contributed by atoms with Gasteiger partial charge in [0.25, 0.3) is 0 Å². The Morgan fingerprint density at radius 3 is 2.47 bits per heavy atom. The fourth-order valence-corrected chi connectivity index (χ4v) is 2.70. The first kappa shape index (κ1) is 14.3. The zero-order valence-corrected chi connectivity index (χ0v) is 11.3. The Balaban J connectivity index is 1.74. The van der Waals surface area contributed by atoms with Gasteiger partial charge in [0, 0.05) is 26.2 Å². The molecule has 1 saturated heterocycles. The molecule has 0 spiro atoms. The van der Waals surface area contributed by atoms with Gasteiger partial charge in [-0.3, -0.25) is 9.59 Å². The quantitative estimate of drug-likeness (QED) is 0.767. The lowest BCUT2D eigenvalue weighted by Crippen LogP contribution is -2.46. The minimum absolute atomic E-state index is 0.0148. The normalized spacial score (nSPS) is 22.5. The molecule has 2 rings (SSSR count). The third kappa shape index (κ3) is 3.69. The van der Waals surface area contributed by atoms with E-state index in [0.29, 0.717) is 38.4 Å². The molecule has 0 radical (unpaired) electrons. The molecule has 2 aliphatic rings. The van der Waals surface area contributed by atoms with Crippen LogP contribution in [0, 0.1) is 11.3 Å². The van der Waals surface area contributed by atoms with Crippen LogP contribution in [0.2, 0.25) is 0 Å². The summed E-state index contributed by atoms with van der Waals surface area (Å²) in [6.45, 7) is 1.16. The average Bonchev–Trinajstić information content (AvgIpc) is 2.35. The molecular weight excluding hydrogens is 246 g/mol. The number of nitrogens with one attached hydrogen (secondary N) is 1. The maximum Gasteiger partial charge on any atom is 0.311 e. The Labute approximate surface area is 113 Å². The number of amides is 1. The number of ether oxygens (including phenoxy) is 1. The summed E-state index contributed by atoms with van der Waals surface area (Å²) in [7, 11) is 0. The Bertz CT molecular complexity index is 332. The number of hydrogen-bond donors (Lipinski definition) is 2. The van der Waals surface area contributed by atoms with Gasteiger partial charge < -0.3 is 15.2 Å². The van der Waals surface area contributed by atoms with E-state index in [1.165, 1.54) is 19.3 Å². The molecule has 0 atom stereocenters. The summed E-state index contributed by atoms with van der Waals surface area (Å²) in [4.78, 5) is 23.2. The molecule has 1 amide bonds. The van der Waals surface area contributed by atoms with E-state index in [1.807, 2.05) is 0 Å². The van der Waals surface area contributed by atoms with Gasteiger partial charge in [-0.15, -0.1) is 0 Å². The number of carbonyl (C=O) groups excluding carboxylic acids is 1. The second-order valence-corrected chi connectivity index (χ2v) is 5.81. The summed E-state index contributed by atoms with van der Waals surface area (Å²) in [6.07, 6.45) is 6.18. The van der Waals surface area contributed by atoms with Crippen molar-refractivity contribution in [2.24, 2.45) is 11.3 Å². The summed E-state index contributed by atoms with van der Waals surface area (Å²) in [5.41, 5.74) is -0.829. The van der Waals surface area contributed by atoms with Crippen molar-refractivity contribution >= 4 is 11.9 Å². The van der Waals surface area contributed by atoms with Crippen LogP contribution < -0.4 is 5.32 Å². The predicted octanol–water partition coefficient (Wildman–Crippen LogP) is 1.56. The maximum atomic E-state index is 11.8. The maximum absolute atomic E-state index is 11.8. The molecule has 108 valence electrons. The fourth-order valence-electron chi connectivity index (χ4n) is 2.70. The van der Waals surface area contributed by atoms with Crippen LogP contribution in [0.3, 0.4) is 0 Å². The molecule has 0 aromatic heterocycles. The number of hydrogen-bond acceptors (Lipinski definition) is 3. The highest BCUT2D eigenvalue weighted by Crippen LogP contribution is 2.31. The molecule has 2 N–H and O–H groups in total. The van der Waals surface area contributed by atoms with Crippen molar-refractivity contribution in [2.45, 2.75) is 44.9 Å². The van der Waals surface area contributed by atoms with Crippen molar-refractivity contribution in [3.63, 3.8) is 0 Å². The van der Waals surface area contributed by atoms with Crippen molar-refractivity contribution in [1.29, 1.82) is 0 Å². The van der Waals surface area contributed by atoms with E-state index in [9.17, 15) is 14.7 Å². The van der Waals surface area contributed by atoms with Gasteiger partial charge >= 0.3 is 5.97 Å². The van der Waals surface area contributed by atoms with E-state index in [2.05, 4.69) is 5.32 Å². The van der Waals surface area contributed by atoms with Crippen molar-refractivity contribution in [3.05, 3.63) is 0 Å². The Morgan fingerprint density at radius 2 is 1.95 bits per heavy atom. The van der Waals surface area contributed by atoms with Gasteiger partial charge in [0.2, 0.25) is 5.91 Å². The monoisotopic (exact) mass is 269 g/mol. The lowest BCUT2D eigenvalue weighted by molar-refractivity contribution is -0.154. The largest absolute Gasteiger partial charge is 0.481 e. The number of carbonyl (C=O) groups is 2. The second-order valence-electron chi connectivity index (χ2n) is 5.81. The molecule has 2 fully saturated rings. The van der Waals surface area contributed by atoms with Gasteiger partial charge in [0.15, 0.2) is 0 Å². The van der Waals surface area contributed by atoms with Gasteiger partial charge in [-0.05, 0) is 25.2 Å². The molecule has 0 bridgehead atoms. The number of carboxylic acid groups (broad SMARTS) is 1. The van der Waals surface area contributed by atoms with Crippen molar-refractivity contribution < 1.29 is 19.4 Å². The molecule has 0 unspecified atom stereocenters. The van der Waals surface area contributed by atoms with Crippen LogP contribution in [0.15, 0.2) is 0 Å². The van der Waals surface area contributed by atoms with E-state index < -0.39 is 11.4 Å². The molecule has 1 aliphatic carbocycles. The van der Waals surface area contributed by atoms with Gasteiger partial charge in [-0.2, -0.15) is 0 Å². The van der Waals surface area contributed by atoms with Gasteiger partial charge in [0.1, 0.15) is 0 Å². The lowest BCUT2D eigenvalue weighted by atomic mass is 9.80. The van der Waals surface area contributed by atoms with Crippen molar-refractivity contribution in [1.82, 2.24) is 5.32 Å². The minimum atomic E-state index is -0.829. The number of carboxylic acids is 1. The zero-order valence-electron chi connectivity index (χ0n) is 11.3. The third-order valence-electron chi connectivity index (χ3n) is 4.53. The average molecular weight is 269 g/mol. The molecule has 19 heavy (non-hydrogen) atoms. The van der Waals surface area contributed by atoms with Crippen LogP contribution in [0.25, 0.3) is 0 Å². The predicted molar refractivity (Wildman–Crippen MR) is 69.7 cm³/mol. The van der Waals surface area contributed by atoms with Crippen LogP contribution in [-0.4, -0.2) is 36.7 Å². The van der Waals surface area contributed by atoms with Gasteiger partial charge in [-0.1, -0.05) is 19.3 Å². The van der Waals surface area contributed by atoms with E-state index >= 15 is 0 Å². The van der Waals surface area contributed by atoms with Gasteiger partial charge in [0.05, 0.1) is 5.41 Å². The molecule has 0 aromatic rings. The van der Waals surface area contributed by atoms with Crippen LogP contribution in [-0.2, 0) is 14.3 Å². The molecule has 1 aliphatic heterocycles. The smallest absolute Gasteiger partial charge is 0.311 e. The van der Waals surface area contributed by atoms with Crippen LogP contribution in [0.4, 0.5) is 0 Å². The van der Waals surface area contributed by atoms with Crippen molar-refractivity contribution in [2.75, 3.05) is 19.8 Å². The summed E-state index contributed by atoms with van der Waals surface area (Å²) >= 11 is 0. The molecule has 0 aromatic carbocycles. The van der Waals surface area contributed by atoms with E-state index in [4.69, 9.17) is 4.74 Å². The highest BCUT2D eigenvalue weighted by Gasteiger charge is 2.40. The summed E-state index contributed by atoms with van der Waals surface area (Å²) in [5.74, 6) is -0.128. The van der Waals surface area contributed by atoms with E-state index in [0.717, 1.165) is 6.42 Å². The second kappa shape index (κ2) is 6.37. The summed E-state index contributed by atoms with van der Waals surface area (Å²) < 4.78 is 5.21. The van der Waals surface area contributed by atoms with Crippen LogP contribution >= 0.6 is 0 Å². The molecule has 5 nitrogen and oxygen atoms in total. The summed E-state index contributed by atoms with van der Waals surface area (Å²) in [6, 6.07) is 0. The fraction of sp³-hybridized carbons (Fsp3) is 0.857. The Kier molecular flexibility index (Phi) is 4.80. The standard InChI is InChI=1S/C14H23NO4/c16-12(5-4-11-2-1-3-11)15-10-14(13(17)18)6-8-19-9-7-14/h11H,1-10H2,(H,15,16)(H,17,18).